The number of allylic oxidation sites excluding steroid dienone is 10. The summed E-state index contributed by atoms with van der Waals surface area (Å²) >= 11 is 0. The number of carboxylic acids is 1. The maximum absolute atomic E-state index is 13.0. The number of carboxylic acid groups (broad SMARTS) is 1. The van der Waals surface area contributed by atoms with Crippen LogP contribution in [0.3, 0.4) is 0 Å². The number of nitrogens with zero attached hydrogens (tertiary/aromatic N) is 1. The van der Waals surface area contributed by atoms with E-state index >= 15 is 0 Å². The molecule has 0 rings (SSSR count). The SMILES string of the molecule is CC/C=C\C/C=C\C/C=C\C/C=C\CCCCCCCCCCCCCCCCCCC(=O)OC(COC(=O)CCCCCCCCCCCCCCCCCCCCCCCCCCC/C=C\CCCCCCCCCC)COC(OCC[N+](C)(C)C)C(=O)[O-]. The zero-order valence-electron chi connectivity index (χ0n) is 61.0. The van der Waals surface area contributed by atoms with Crippen molar-refractivity contribution in [3.05, 3.63) is 60.8 Å². The minimum Gasteiger partial charge on any atom is -0.545 e. The Labute approximate surface area is 565 Å². The van der Waals surface area contributed by atoms with Gasteiger partial charge in [0, 0.05) is 12.8 Å². The smallest absolute Gasteiger partial charge is 0.306 e. The topological polar surface area (TPSA) is 111 Å². The Morgan fingerprint density at radius 3 is 0.945 bits per heavy atom. The molecule has 0 bridgehead atoms. The van der Waals surface area contributed by atoms with Crippen LogP contribution in [0.4, 0.5) is 0 Å². The van der Waals surface area contributed by atoms with Gasteiger partial charge in [0.25, 0.3) is 0 Å². The van der Waals surface area contributed by atoms with Crippen molar-refractivity contribution in [1.29, 1.82) is 0 Å². The van der Waals surface area contributed by atoms with E-state index in [4.69, 9.17) is 18.9 Å². The zero-order chi connectivity index (χ0) is 66.1. The van der Waals surface area contributed by atoms with Gasteiger partial charge in [0.05, 0.1) is 40.3 Å². The van der Waals surface area contributed by atoms with Crippen molar-refractivity contribution in [3.63, 3.8) is 0 Å². The lowest BCUT2D eigenvalue weighted by Gasteiger charge is -2.26. The van der Waals surface area contributed by atoms with E-state index < -0.39 is 24.3 Å². The van der Waals surface area contributed by atoms with E-state index in [0.29, 0.717) is 23.9 Å². The third-order valence-electron chi connectivity index (χ3n) is 17.7. The van der Waals surface area contributed by atoms with Crippen molar-refractivity contribution in [1.82, 2.24) is 0 Å². The summed E-state index contributed by atoms with van der Waals surface area (Å²) in [7, 11) is 5.95. The number of carbonyl (C=O) groups is 3. The molecule has 0 saturated heterocycles. The van der Waals surface area contributed by atoms with Crippen molar-refractivity contribution in [3.8, 4) is 0 Å². The summed E-state index contributed by atoms with van der Waals surface area (Å²) in [6.45, 7) is 4.70. The first-order valence-electron chi connectivity index (χ1n) is 39.4. The monoisotopic (exact) mass is 1280 g/mol. The molecule has 91 heavy (non-hydrogen) atoms. The predicted octanol–water partition coefficient (Wildman–Crippen LogP) is 23.7. The quantitative estimate of drug-likeness (QED) is 0.0195. The Morgan fingerprint density at radius 2 is 0.626 bits per heavy atom. The van der Waals surface area contributed by atoms with Crippen LogP contribution in [-0.2, 0) is 33.3 Å². The highest BCUT2D eigenvalue weighted by Gasteiger charge is 2.22. The molecule has 2 atom stereocenters. The van der Waals surface area contributed by atoms with E-state index in [1.54, 1.807) is 0 Å². The molecule has 0 amide bonds. The Bertz CT molecular complexity index is 1680. The number of hydrogen-bond donors (Lipinski definition) is 0. The number of quaternary nitrogens is 1. The third-order valence-corrected chi connectivity index (χ3v) is 17.7. The van der Waals surface area contributed by atoms with Gasteiger partial charge in [0.2, 0.25) is 0 Å². The van der Waals surface area contributed by atoms with E-state index in [9.17, 15) is 19.5 Å². The number of carbonyl (C=O) groups excluding carboxylic acids is 3. The summed E-state index contributed by atoms with van der Waals surface area (Å²) in [4.78, 5) is 37.6. The van der Waals surface area contributed by atoms with Crippen LogP contribution in [0, 0.1) is 0 Å². The molecule has 0 aromatic rings. The van der Waals surface area contributed by atoms with Gasteiger partial charge in [-0.15, -0.1) is 0 Å². The lowest BCUT2D eigenvalue weighted by atomic mass is 10.0. The maximum Gasteiger partial charge on any atom is 0.306 e. The lowest BCUT2D eigenvalue weighted by molar-refractivity contribution is -0.870. The van der Waals surface area contributed by atoms with Crippen LogP contribution in [0.5, 0.6) is 0 Å². The first-order chi connectivity index (χ1) is 44.6. The van der Waals surface area contributed by atoms with Crippen molar-refractivity contribution in [2.75, 3.05) is 47.5 Å². The first-order valence-corrected chi connectivity index (χ1v) is 39.4. The van der Waals surface area contributed by atoms with Crippen molar-refractivity contribution in [2.45, 2.75) is 399 Å². The summed E-state index contributed by atoms with van der Waals surface area (Å²) in [6.07, 6.45) is 93.5. The molecule has 0 spiro atoms. The molecule has 0 radical (unpaired) electrons. The van der Waals surface area contributed by atoms with Gasteiger partial charge in [0.1, 0.15) is 13.2 Å². The number of rotatable bonds is 74. The van der Waals surface area contributed by atoms with Gasteiger partial charge in [-0.3, -0.25) is 9.59 Å². The summed E-state index contributed by atoms with van der Waals surface area (Å²) < 4.78 is 22.9. The van der Waals surface area contributed by atoms with Crippen molar-refractivity contribution >= 4 is 17.9 Å². The minimum atomic E-state index is -1.62. The summed E-state index contributed by atoms with van der Waals surface area (Å²) in [6, 6.07) is 0. The fourth-order valence-electron chi connectivity index (χ4n) is 11.8. The van der Waals surface area contributed by atoms with Gasteiger partial charge in [0.15, 0.2) is 12.4 Å². The number of esters is 2. The fraction of sp³-hybridized carbons (Fsp3) is 0.841. The number of aliphatic carboxylic acids is 1. The molecule has 0 aromatic carbocycles. The molecule has 9 nitrogen and oxygen atoms in total. The Morgan fingerprint density at radius 1 is 0.341 bits per heavy atom. The molecule has 0 aliphatic heterocycles. The van der Waals surface area contributed by atoms with Crippen LogP contribution >= 0.6 is 0 Å². The Kier molecular flexibility index (Phi) is 70.4. The highest BCUT2D eigenvalue weighted by Crippen LogP contribution is 2.19. The molecule has 0 aromatic heterocycles. The normalized spacial score (nSPS) is 12.9. The van der Waals surface area contributed by atoms with E-state index in [1.165, 1.54) is 295 Å². The van der Waals surface area contributed by atoms with E-state index in [1.807, 2.05) is 21.1 Å². The summed E-state index contributed by atoms with van der Waals surface area (Å²) in [5.41, 5.74) is 0. The molecule has 0 heterocycles. The van der Waals surface area contributed by atoms with Crippen LogP contribution in [0.2, 0.25) is 0 Å². The third kappa shape index (κ3) is 74.3. The molecular formula is C82H151NO8. The van der Waals surface area contributed by atoms with E-state index in [-0.39, 0.29) is 32.2 Å². The fourth-order valence-corrected chi connectivity index (χ4v) is 11.8. The van der Waals surface area contributed by atoms with Gasteiger partial charge in [-0.05, 0) is 77.0 Å². The maximum atomic E-state index is 13.0. The highest BCUT2D eigenvalue weighted by molar-refractivity contribution is 5.70. The summed E-state index contributed by atoms with van der Waals surface area (Å²) in [5.74, 6) is -2.26. The molecule has 0 saturated carbocycles. The molecule has 0 fully saturated rings. The second kappa shape index (κ2) is 72.8. The largest absolute Gasteiger partial charge is 0.545 e. The Balaban J connectivity index is 3.97. The average molecular weight is 1280 g/mol. The van der Waals surface area contributed by atoms with Crippen LogP contribution in [0.1, 0.15) is 386 Å². The van der Waals surface area contributed by atoms with Crippen LogP contribution in [0.15, 0.2) is 60.8 Å². The van der Waals surface area contributed by atoms with Gasteiger partial charge in [-0.2, -0.15) is 0 Å². The predicted molar refractivity (Wildman–Crippen MR) is 389 cm³/mol. The van der Waals surface area contributed by atoms with Crippen LogP contribution in [-0.4, -0.2) is 82.3 Å². The van der Waals surface area contributed by atoms with E-state index in [2.05, 4.69) is 74.6 Å². The number of unbranched alkanes of at least 4 members (excludes halogenated alkanes) is 49. The number of hydrogen-bond acceptors (Lipinski definition) is 8. The van der Waals surface area contributed by atoms with E-state index in [0.717, 1.165) is 57.8 Å². The molecule has 0 aliphatic carbocycles. The highest BCUT2D eigenvalue weighted by atomic mass is 16.7. The molecule has 532 valence electrons. The Hall–Kier alpha value is -3.01. The minimum absolute atomic E-state index is 0.149. The second-order valence-corrected chi connectivity index (χ2v) is 28.0. The van der Waals surface area contributed by atoms with Gasteiger partial charge >= 0.3 is 11.9 Å². The molecule has 2 unspecified atom stereocenters. The summed E-state index contributed by atoms with van der Waals surface area (Å²) in [5, 5.41) is 11.9. The van der Waals surface area contributed by atoms with Gasteiger partial charge < -0.3 is 33.3 Å². The van der Waals surface area contributed by atoms with Crippen molar-refractivity contribution < 1.29 is 42.9 Å². The van der Waals surface area contributed by atoms with Gasteiger partial charge in [-0.25, -0.2) is 0 Å². The lowest BCUT2D eigenvalue weighted by Crippen LogP contribution is -2.44. The molecular weight excluding hydrogens is 1130 g/mol. The van der Waals surface area contributed by atoms with Crippen LogP contribution in [0.25, 0.3) is 0 Å². The van der Waals surface area contributed by atoms with Crippen LogP contribution < -0.4 is 5.11 Å². The average Bonchev–Trinajstić information content (AvgIpc) is 3.66. The standard InChI is InChI=1S/C82H151NO8/c1-6-8-10-12-14-16-18-20-22-24-26-28-30-32-34-36-37-38-39-40-41-42-43-45-46-48-50-52-54-56-58-60-62-64-66-68-70-72-79(84)89-76-78(77-90-82(81(86)87)88-75-74-83(3,4)5)91-80(85)73-71-69-67-65-63-61-59-57-55-53-51-49-47-44-35-33-31-29-27-25-23-21-19-17-15-13-11-9-7-2/h9,11,15,17,21,23-24,26-27,29,78,82H,6-8,10,12-14,16,18-20,22,25,28,30-77H2,1-5H3/b11-9-,17-15-,23-21-,26-24-,29-27-. The molecule has 0 aliphatic rings. The van der Waals surface area contributed by atoms with Crippen molar-refractivity contribution in [2.24, 2.45) is 0 Å². The number of ether oxygens (including phenoxy) is 4. The zero-order valence-corrected chi connectivity index (χ0v) is 61.0. The van der Waals surface area contributed by atoms with Gasteiger partial charge in [-0.1, -0.05) is 357 Å². The second-order valence-electron chi connectivity index (χ2n) is 28.0. The molecule has 9 heteroatoms. The number of likely N-dealkylation sites (N-methyl/N-ethyl adjacent to an activating group) is 1. The first kappa shape index (κ1) is 88.0. The molecule has 0 N–H and O–H groups in total.